The van der Waals surface area contributed by atoms with Crippen LogP contribution in [0.5, 0.6) is 0 Å². The number of furan rings is 1. The number of benzene rings is 7. The maximum atomic E-state index is 6.22. The number of rotatable bonds is 3. The van der Waals surface area contributed by atoms with E-state index in [4.69, 9.17) is 4.42 Å². The number of hydrogen-bond acceptors (Lipinski definition) is 3. The summed E-state index contributed by atoms with van der Waals surface area (Å²) in [5.74, 6) is 0. The van der Waals surface area contributed by atoms with Crippen molar-refractivity contribution in [1.29, 1.82) is 0 Å². The molecular formula is C62H63BN2O. The van der Waals surface area contributed by atoms with Crippen molar-refractivity contribution in [2.45, 2.75) is 129 Å². The maximum absolute atomic E-state index is 6.22. The predicted molar refractivity (Wildman–Crippen MR) is 282 cm³/mol. The van der Waals surface area contributed by atoms with Gasteiger partial charge in [0, 0.05) is 44.9 Å². The summed E-state index contributed by atoms with van der Waals surface area (Å²) < 4.78 is 6.22. The SMILES string of the molecule is CC(C)(C)c1ccc(N2c3cc4c(cc3B3c5cc6c(cc5N(c5ccc(-c7ccc8oc9ccccc9c8c7)cc5)c5cccc2c53)C(C)(C)CCC6(C)C)C(C)(C)CCC4(C)C)cc1. The molecule has 4 heteroatoms. The summed E-state index contributed by atoms with van der Waals surface area (Å²) in [5.41, 5.74) is 23.7. The van der Waals surface area contributed by atoms with Crippen molar-refractivity contribution in [3.63, 3.8) is 0 Å². The smallest absolute Gasteiger partial charge is 0.252 e. The predicted octanol–water partition coefficient (Wildman–Crippen LogP) is 15.3. The van der Waals surface area contributed by atoms with Crippen LogP contribution < -0.4 is 26.2 Å². The van der Waals surface area contributed by atoms with E-state index < -0.39 is 0 Å². The first-order valence-corrected chi connectivity index (χ1v) is 24.5. The Morgan fingerprint density at radius 2 is 0.894 bits per heavy atom. The Hall–Kier alpha value is -6.00. The van der Waals surface area contributed by atoms with Gasteiger partial charge in [0.25, 0.3) is 6.71 Å². The zero-order valence-corrected chi connectivity index (χ0v) is 40.9. The fourth-order valence-electron chi connectivity index (χ4n) is 12.4. The van der Waals surface area contributed by atoms with Gasteiger partial charge in [0.05, 0.1) is 0 Å². The van der Waals surface area contributed by atoms with E-state index >= 15 is 0 Å². The van der Waals surface area contributed by atoms with E-state index in [0.29, 0.717) is 0 Å². The lowest BCUT2D eigenvalue weighted by molar-refractivity contribution is 0.332. The minimum Gasteiger partial charge on any atom is -0.456 e. The van der Waals surface area contributed by atoms with Gasteiger partial charge in [-0.3, -0.25) is 0 Å². The Kier molecular flexibility index (Phi) is 8.65. The molecule has 0 amide bonds. The third kappa shape index (κ3) is 6.08. The van der Waals surface area contributed by atoms with Crippen LogP contribution in [0.15, 0.2) is 138 Å². The molecule has 0 N–H and O–H groups in total. The summed E-state index contributed by atoms with van der Waals surface area (Å²) >= 11 is 0. The molecule has 0 unspecified atom stereocenters. The molecule has 0 radical (unpaired) electrons. The Morgan fingerprint density at radius 1 is 0.439 bits per heavy atom. The van der Waals surface area contributed by atoms with E-state index in [-0.39, 0.29) is 33.8 Å². The Labute approximate surface area is 392 Å². The molecule has 66 heavy (non-hydrogen) atoms. The molecule has 2 aliphatic carbocycles. The van der Waals surface area contributed by atoms with Crippen LogP contribution in [0.2, 0.25) is 0 Å². The molecule has 0 saturated carbocycles. The van der Waals surface area contributed by atoms with Crippen LogP contribution in [0.1, 0.15) is 130 Å². The highest BCUT2D eigenvalue weighted by Gasteiger charge is 2.48. The largest absolute Gasteiger partial charge is 0.456 e. The van der Waals surface area contributed by atoms with Gasteiger partial charge in [-0.15, -0.1) is 0 Å². The molecule has 330 valence electrons. The topological polar surface area (TPSA) is 19.6 Å². The van der Waals surface area contributed by atoms with E-state index in [1.165, 1.54) is 115 Å². The fourth-order valence-corrected chi connectivity index (χ4v) is 12.4. The van der Waals surface area contributed by atoms with Crippen molar-refractivity contribution in [3.8, 4) is 11.1 Å². The van der Waals surface area contributed by atoms with E-state index in [0.717, 1.165) is 21.9 Å². The Morgan fingerprint density at radius 3 is 1.41 bits per heavy atom. The molecule has 2 aliphatic heterocycles. The molecule has 3 heterocycles. The average Bonchev–Trinajstić information content (AvgIpc) is 3.67. The monoisotopic (exact) mass is 863 g/mol. The first-order chi connectivity index (χ1) is 31.3. The molecule has 7 aromatic carbocycles. The number of anilines is 6. The van der Waals surface area contributed by atoms with Crippen molar-refractivity contribution in [3.05, 3.63) is 161 Å². The van der Waals surface area contributed by atoms with Gasteiger partial charge in [0.1, 0.15) is 11.2 Å². The van der Waals surface area contributed by atoms with Crippen LogP contribution in [-0.2, 0) is 27.1 Å². The summed E-state index contributed by atoms with van der Waals surface area (Å²) in [7, 11) is 0. The van der Waals surface area contributed by atoms with Crippen molar-refractivity contribution in [2.75, 3.05) is 9.80 Å². The van der Waals surface area contributed by atoms with Crippen LogP contribution in [0.4, 0.5) is 34.1 Å². The van der Waals surface area contributed by atoms with E-state index in [9.17, 15) is 0 Å². The van der Waals surface area contributed by atoms with Gasteiger partial charge >= 0.3 is 0 Å². The Balaban J connectivity index is 1.11. The first kappa shape index (κ1) is 41.4. The van der Waals surface area contributed by atoms with Crippen molar-refractivity contribution >= 4 is 79.2 Å². The minimum absolute atomic E-state index is 0.0581. The van der Waals surface area contributed by atoms with Crippen LogP contribution in [-0.4, -0.2) is 6.71 Å². The Bertz CT molecular complexity index is 3300. The van der Waals surface area contributed by atoms with Gasteiger partial charge in [-0.2, -0.15) is 0 Å². The number of fused-ring (bicyclic) bond motifs is 9. The molecule has 12 rings (SSSR count). The molecule has 0 atom stereocenters. The quantitative estimate of drug-likeness (QED) is 0.165. The lowest BCUT2D eigenvalue weighted by Crippen LogP contribution is -2.62. The molecule has 4 aliphatic rings. The normalized spacial score (nSPS) is 18.4. The molecule has 0 bridgehead atoms. The standard InChI is InChI=1S/C62H63BN2O/c1-58(2,3)40-22-26-42(27-23-40)65-52-17-14-16-51-57(52)63(50-35-46-48(37-54(50)65)62(10,11)32-30-60(46,6)7)49-34-45-47(61(8,9)31-29-59(45,4)5)36-53(49)64(51)41-24-19-38(20-25-41)39-21-28-56-44(33-39)43-15-12-13-18-55(43)66-56/h12-28,33-37H,29-32H2,1-11H3. The molecule has 0 fully saturated rings. The van der Waals surface area contributed by atoms with E-state index in [1.807, 2.05) is 6.07 Å². The molecule has 0 saturated heterocycles. The maximum Gasteiger partial charge on any atom is 0.252 e. The first-order valence-electron chi connectivity index (χ1n) is 24.5. The van der Waals surface area contributed by atoms with Crippen LogP contribution in [0.25, 0.3) is 33.1 Å². The minimum atomic E-state index is 0.0581. The summed E-state index contributed by atoms with van der Waals surface area (Å²) in [4.78, 5) is 5.22. The van der Waals surface area contributed by atoms with Crippen LogP contribution in [0, 0.1) is 0 Å². The molecule has 8 aromatic rings. The third-order valence-electron chi connectivity index (χ3n) is 16.8. The summed E-state index contributed by atoms with van der Waals surface area (Å²) in [6, 6.07) is 51.5. The summed E-state index contributed by atoms with van der Waals surface area (Å²) in [6.07, 6.45) is 4.71. The second-order valence-electron chi connectivity index (χ2n) is 23.9. The highest BCUT2D eigenvalue weighted by atomic mass is 16.3. The summed E-state index contributed by atoms with van der Waals surface area (Å²) in [5, 5.41) is 2.31. The second-order valence-corrected chi connectivity index (χ2v) is 23.9. The van der Waals surface area contributed by atoms with Gasteiger partial charge in [-0.25, -0.2) is 0 Å². The molecular weight excluding hydrogens is 800 g/mol. The van der Waals surface area contributed by atoms with Crippen LogP contribution in [0.3, 0.4) is 0 Å². The lowest BCUT2D eigenvalue weighted by atomic mass is 9.32. The van der Waals surface area contributed by atoms with Crippen molar-refractivity contribution in [1.82, 2.24) is 0 Å². The fraction of sp³-hybridized carbons (Fsp3) is 0.323. The number of nitrogens with zero attached hydrogens (tertiary/aromatic N) is 2. The average molecular weight is 863 g/mol. The zero-order valence-electron chi connectivity index (χ0n) is 40.9. The van der Waals surface area contributed by atoms with Gasteiger partial charge in [-0.1, -0.05) is 143 Å². The van der Waals surface area contributed by atoms with Crippen molar-refractivity contribution in [2.24, 2.45) is 0 Å². The van der Waals surface area contributed by atoms with E-state index in [2.05, 4.69) is 213 Å². The molecule has 3 nitrogen and oxygen atoms in total. The van der Waals surface area contributed by atoms with Crippen LogP contribution >= 0.6 is 0 Å². The lowest BCUT2D eigenvalue weighted by Gasteiger charge is -2.48. The highest BCUT2D eigenvalue weighted by Crippen LogP contribution is 2.53. The van der Waals surface area contributed by atoms with Crippen molar-refractivity contribution < 1.29 is 4.42 Å². The third-order valence-corrected chi connectivity index (χ3v) is 16.8. The van der Waals surface area contributed by atoms with E-state index in [1.54, 1.807) is 0 Å². The molecule has 1 aromatic heterocycles. The highest BCUT2D eigenvalue weighted by molar-refractivity contribution is 7.00. The zero-order chi connectivity index (χ0) is 45.9. The van der Waals surface area contributed by atoms with Gasteiger partial charge in [0.15, 0.2) is 0 Å². The van der Waals surface area contributed by atoms with Gasteiger partial charge < -0.3 is 14.2 Å². The second kappa shape index (κ2) is 13.8. The summed E-state index contributed by atoms with van der Waals surface area (Å²) in [6.45, 7) is 26.8. The van der Waals surface area contributed by atoms with Gasteiger partial charge in [-0.05, 0) is 175 Å². The number of para-hydroxylation sites is 1. The molecule has 0 spiro atoms. The number of hydrogen-bond donors (Lipinski definition) is 0. The van der Waals surface area contributed by atoms with Gasteiger partial charge in [0.2, 0.25) is 0 Å².